The minimum atomic E-state index is -4.08. The summed E-state index contributed by atoms with van der Waals surface area (Å²) in [6.07, 6.45) is 0. The number of carbonyl (C=O) groups is 2. The lowest BCUT2D eigenvalue weighted by molar-refractivity contribution is -0.385. The second-order valence-corrected chi connectivity index (χ2v) is 8.87. The number of hydrogen-bond donors (Lipinski definition) is 2. The summed E-state index contributed by atoms with van der Waals surface area (Å²) in [6, 6.07) is 8.25. The molecule has 0 aromatic heterocycles. The number of amides is 1. The number of sulfonamides is 1. The highest BCUT2D eigenvalue weighted by molar-refractivity contribution is 9.10. The van der Waals surface area contributed by atoms with Crippen LogP contribution in [-0.4, -0.2) is 38.4 Å². The van der Waals surface area contributed by atoms with Gasteiger partial charge < -0.3 is 10.1 Å². The van der Waals surface area contributed by atoms with Crippen molar-refractivity contribution in [3.63, 3.8) is 0 Å². The van der Waals surface area contributed by atoms with Crippen LogP contribution in [0, 0.1) is 17.0 Å². The molecule has 0 fully saturated rings. The molecule has 0 spiro atoms. The molecular formula is C17H15BrClN3O7S. The van der Waals surface area contributed by atoms with E-state index < -0.39 is 40.0 Å². The fourth-order valence-corrected chi connectivity index (χ4v) is 4.27. The second-order valence-electron chi connectivity index (χ2n) is 5.81. The number of benzene rings is 2. The minimum Gasteiger partial charge on any atom is -0.455 e. The Morgan fingerprint density at radius 1 is 1.27 bits per heavy atom. The number of esters is 1. The molecule has 2 rings (SSSR count). The molecule has 10 nitrogen and oxygen atoms in total. The van der Waals surface area contributed by atoms with Gasteiger partial charge in [0.05, 0.1) is 21.2 Å². The molecule has 2 aromatic rings. The molecule has 0 atom stereocenters. The van der Waals surface area contributed by atoms with Crippen LogP contribution < -0.4 is 10.0 Å². The number of nitro groups is 1. The maximum atomic E-state index is 12.2. The smallest absolute Gasteiger partial charge is 0.321 e. The summed E-state index contributed by atoms with van der Waals surface area (Å²) in [4.78, 5) is 33.8. The first kappa shape index (κ1) is 23.7. The zero-order chi connectivity index (χ0) is 22.5. The highest BCUT2D eigenvalue weighted by Gasteiger charge is 2.20. The van der Waals surface area contributed by atoms with E-state index in [1.165, 1.54) is 43.3 Å². The van der Waals surface area contributed by atoms with E-state index in [0.717, 1.165) is 0 Å². The van der Waals surface area contributed by atoms with E-state index in [2.05, 4.69) is 21.2 Å². The van der Waals surface area contributed by atoms with E-state index in [-0.39, 0.29) is 26.9 Å². The first-order valence-electron chi connectivity index (χ1n) is 8.15. The van der Waals surface area contributed by atoms with Gasteiger partial charge in [-0.05, 0) is 31.2 Å². The Labute approximate surface area is 184 Å². The van der Waals surface area contributed by atoms with Gasteiger partial charge in [0.15, 0.2) is 6.61 Å². The van der Waals surface area contributed by atoms with E-state index in [1.807, 2.05) is 4.72 Å². The standard InChI is InChI=1S/C17H15BrClN3O7S/c1-10-13(3-2-4-14(10)22(25)26)21-16(23)9-29-17(24)8-20-30(27,28)15-6-5-11(18)7-12(15)19/h2-7,20H,8-9H2,1H3,(H,21,23). The van der Waals surface area contributed by atoms with Crippen molar-refractivity contribution in [2.24, 2.45) is 0 Å². The van der Waals surface area contributed by atoms with Gasteiger partial charge in [-0.25, -0.2) is 8.42 Å². The van der Waals surface area contributed by atoms with E-state index in [4.69, 9.17) is 16.3 Å². The summed E-state index contributed by atoms with van der Waals surface area (Å²) in [7, 11) is -4.08. The maximum Gasteiger partial charge on any atom is 0.321 e. The van der Waals surface area contributed by atoms with Crippen molar-refractivity contribution in [3.05, 3.63) is 61.6 Å². The molecule has 2 N–H and O–H groups in total. The molecule has 0 aliphatic heterocycles. The number of halogens is 2. The van der Waals surface area contributed by atoms with Crippen LogP contribution in [0.1, 0.15) is 5.56 Å². The van der Waals surface area contributed by atoms with Crippen molar-refractivity contribution in [1.82, 2.24) is 4.72 Å². The fourth-order valence-electron chi connectivity index (χ4n) is 2.26. The Kier molecular flexibility index (Phi) is 7.89. The Morgan fingerprint density at radius 3 is 2.60 bits per heavy atom. The Hall–Kier alpha value is -2.54. The van der Waals surface area contributed by atoms with Gasteiger partial charge in [0.25, 0.3) is 11.6 Å². The van der Waals surface area contributed by atoms with Crippen molar-refractivity contribution >= 4 is 60.8 Å². The number of nitrogens with zero attached hydrogens (tertiary/aromatic N) is 1. The molecular weight excluding hydrogens is 506 g/mol. The average molecular weight is 521 g/mol. The predicted octanol–water partition coefficient (Wildman–Crippen LogP) is 2.78. The first-order valence-corrected chi connectivity index (χ1v) is 10.8. The molecule has 160 valence electrons. The molecule has 0 radical (unpaired) electrons. The van der Waals surface area contributed by atoms with Gasteiger partial charge in [0, 0.05) is 10.5 Å². The summed E-state index contributed by atoms with van der Waals surface area (Å²) < 4.78 is 31.8. The molecule has 0 aliphatic carbocycles. The number of nitro benzene ring substituents is 1. The molecule has 0 bridgehead atoms. The van der Waals surface area contributed by atoms with Crippen molar-refractivity contribution in [3.8, 4) is 0 Å². The van der Waals surface area contributed by atoms with Gasteiger partial charge in [0.1, 0.15) is 11.4 Å². The Bertz CT molecular complexity index is 1110. The lowest BCUT2D eigenvalue weighted by Crippen LogP contribution is -2.32. The van der Waals surface area contributed by atoms with E-state index >= 15 is 0 Å². The zero-order valence-corrected chi connectivity index (χ0v) is 18.5. The predicted molar refractivity (Wildman–Crippen MR) is 112 cm³/mol. The number of anilines is 1. The first-order chi connectivity index (χ1) is 14.0. The molecule has 13 heteroatoms. The van der Waals surface area contributed by atoms with Crippen molar-refractivity contribution < 1.29 is 27.7 Å². The molecule has 0 saturated carbocycles. The Morgan fingerprint density at radius 2 is 1.97 bits per heavy atom. The molecule has 1 amide bonds. The summed E-state index contributed by atoms with van der Waals surface area (Å²) in [5, 5.41) is 13.3. The summed E-state index contributed by atoms with van der Waals surface area (Å²) in [5.74, 6) is -1.75. The topological polar surface area (TPSA) is 145 Å². The van der Waals surface area contributed by atoms with Crippen LogP contribution in [0.4, 0.5) is 11.4 Å². The van der Waals surface area contributed by atoms with Crippen LogP contribution in [0.5, 0.6) is 0 Å². The van der Waals surface area contributed by atoms with E-state index in [0.29, 0.717) is 4.47 Å². The highest BCUT2D eigenvalue weighted by atomic mass is 79.9. The molecule has 0 unspecified atom stereocenters. The second kappa shape index (κ2) is 9.98. The van der Waals surface area contributed by atoms with Crippen LogP contribution >= 0.6 is 27.5 Å². The summed E-state index contributed by atoms with van der Waals surface area (Å²) in [5.41, 5.74) is 0.253. The Balaban J connectivity index is 1.90. The third-order valence-corrected chi connectivity index (χ3v) is 6.11. The zero-order valence-electron chi connectivity index (χ0n) is 15.3. The van der Waals surface area contributed by atoms with Crippen molar-refractivity contribution in [2.45, 2.75) is 11.8 Å². The molecule has 30 heavy (non-hydrogen) atoms. The monoisotopic (exact) mass is 519 g/mol. The van der Waals surface area contributed by atoms with Crippen LogP contribution in [0.15, 0.2) is 45.8 Å². The SMILES string of the molecule is Cc1c(NC(=O)COC(=O)CNS(=O)(=O)c2ccc(Br)cc2Cl)cccc1[N+](=O)[O-]. The summed E-state index contributed by atoms with van der Waals surface area (Å²) >= 11 is 9.05. The number of carbonyl (C=O) groups excluding carboxylic acids is 2. The number of nitrogens with one attached hydrogen (secondary N) is 2. The van der Waals surface area contributed by atoms with Gasteiger partial charge in [0.2, 0.25) is 10.0 Å². The number of ether oxygens (including phenoxy) is 1. The molecule has 2 aromatic carbocycles. The average Bonchev–Trinajstić information content (AvgIpc) is 2.66. The molecule has 0 aliphatic rings. The highest BCUT2D eigenvalue weighted by Crippen LogP contribution is 2.25. The van der Waals surface area contributed by atoms with Crippen LogP contribution in [0.25, 0.3) is 0 Å². The van der Waals surface area contributed by atoms with Gasteiger partial charge in [-0.1, -0.05) is 33.6 Å². The third-order valence-electron chi connectivity index (χ3n) is 3.73. The van der Waals surface area contributed by atoms with Crippen molar-refractivity contribution in [1.29, 1.82) is 0 Å². The van der Waals surface area contributed by atoms with Crippen LogP contribution in [0.3, 0.4) is 0 Å². The molecule has 0 saturated heterocycles. The van der Waals surface area contributed by atoms with E-state index in [9.17, 15) is 28.1 Å². The molecule has 0 heterocycles. The summed E-state index contributed by atoms with van der Waals surface area (Å²) in [6.45, 7) is 0.0291. The quantitative estimate of drug-likeness (QED) is 0.309. The van der Waals surface area contributed by atoms with Crippen molar-refractivity contribution in [2.75, 3.05) is 18.5 Å². The van der Waals surface area contributed by atoms with Gasteiger partial charge >= 0.3 is 5.97 Å². The third kappa shape index (κ3) is 6.23. The van der Waals surface area contributed by atoms with Gasteiger partial charge in [-0.2, -0.15) is 4.72 Å². The van der Waals surface area contributed by atoms with Gasteiger partial charge in [-0.3, -0.25) is 19.7 Å². The lowest BCUT2D eigenvalue weighted by atomic mass is 10.1. The lowest BCUT2D eigenvalue weighted by Gasteiger charge is -2.10. The minimum absolute atomic E-state index is 0.0445. The van der Waals surface area contributed by atoms with Crippen LogP contribution in [-0.2, 0) is 24.3 Å². The van der Waals surface area contributed by atoms with Gasteiger partial charge in [-0.15, -0.1) is 0 Å². The van der Waals surface area contributed by atoms with Crippen LogP contribution in [0.2, 0.25) is 5.02 Å². The maximum absolute atomic E-state index is 12.2. The number of rotatable bonds is 8. The largest absolute Gasteiger partial charge is 0.455 e. The number of hydrogen-bond acceptors (Lipinski definition) is 7. The fraction of sp³-hybridized carbons (Fsp3) is 0.176. The van der Waals surface area contributed by atoms with E-state index in [1.54, 1.807) is 0 Å². The normalized spacial score (nSPS) is 11.0.